The van der Waals surface area contributed by atoms with Crippen LogP contribution < -0.4 is 5.32 Å². The minimum Gasteiger partial charge on any atom is -0.423 e. The van der Waals surface area contributed by atoms with E-state index in [0.29, 0.717) is 11.8 Å². The van der Waals surface area contributed by atoms with E-state index in [1.54, 1.807) is 0 Å². The van der Waals surface area contributed by atoms with E-state index in [0.717, 1.165) is 37.2 Å². The number of nitrogens with one attached hydrogen (secondary N) is 1. The van der Waals surface area contributed by atoms with Crippen molar-refractivity contribution in [2.75, 3.05) is 18.4 Å². The minimum atomic E-state index is -0.0702. The number of piperidine rings is 1. The average Bonchev–Trinajstić information content (AvgIpc) is 3.24. The van der Waals surface area contributed by atoms with Crippen LogP contribution in [0.3, 0.4) is 0 Å². The molecule has 6 heteroatoms. The van der Waals surface area contributed by atoms with Crippen molar-refractivity contribution >= 4 is 11.7 Å². The smallest absolute Gasteiger partial charge is 0.321 e. The third kappa shape index (κ3) is 3.59. The van der Waals surface area contributed by atoms with Crippen LogP contribution in [0.25, 0.3) is 11.5 Å². The number of benzene rings is 2. The van der Waals surface area contributed by atoms with Gasteiger partial charge < -0.3 is 14.6 Å². The highest BCUT2D eigenvalue weighted by Gasteiger charge is 2.23. The number of urea groups is 1. The highest BCUT2D eigenvalue weighted by molar-refractivity contribution is 5.90. The van der Waals surface area contributed by atoms with Crippen molar-refractivity contribution in [3.63, 3.8) is 0 Å². The van der Waals surface area contributed by atoms with Gasteiger partial charge in [0.1, 0.15) is 0 Å². The lowest BCUT2D eigenvalue weighted by atomic mass is 9.90. The van der Waals surface area contributed by atoms with E-state index in [2.05, 4.69) is 39.8 Å². The molecule has 1 saturated heterocycles. The normalized spacial score (nSPS) is 15.0. The lowest BCUT2D eigenvalue weighted by Gasteiger charge is -2.32. The molecule has 132 valence electrons. The molecule has 26 heavy (non-hydrogen) atoms. The number of hydrogen-bond acceptors (Lipinski definition) is 4. The van der Waals surface area contributed by atoms with Crippen LogP contribution in [-0.2, 0) is 0 Å². The molecule has 0 spiro atoms. The summed E-state index contributed by atoms with van der Waals surface area (Å²) in [5.74, 6) is 0.964. The molecule has 0 aliphatic carbocycles. The summed E-state index contributed by atoms with van der Waals surface area (Å²) in [5.41, 5.74) is 2.86. The summed E-state index contributed by atoms with van der Waals surface area (Å²) in [6.45, 7) is 1.52. The summed E-state index contributed by atoms with van der Waals surface area (Å²) < 4.78 is 5.20. The molecule has 0 bridgehead atoms. The number of amides is 2. The van der Waals surface area contributed by atoms with Crippen molar-refractivity contribution in [1.82, 2.24) is 15.1 Å². The summed E-state index contributed by atoms with van der Waals surface area (Å²) in [6, 6.07) is 17.9. The predicted octanol–water partition coefficient (Wildman–Crippen LogP) is 4.15. The zero-order chi connectivity index (χ0) is 17.8. The van der Waals surface area contributed by atoms with E-state index in [1.165, 1.54) is 12.0 Å². The van der Waals surface area contributed by atoms with Gasteiger partial charge in [0.15, 0.2) is 0 Å². The van der Waals surface area contributed by atoms with Gasteiger partial charge in [0.2, 0.25) is 12.3 Å². The molecule has 4 rings (SSSR count). The van der Waals surface area contributed by atoms with Crippen LogP contribution in [-0.4, -0.2) is 34.2 Å². The molecule has 2 aromatic carbocycles. The van der Waals surface area contributed by atoms with Crippen molar-refractivity contribution < 1.29 is 9.21 Å². The van der Waals surface area contributed by atoms with E-state index in [1.807, 2.05) is 35.2 Å². The fourth-order valence-corrected chi connectivity index (χ4v) is 3.37. The van der Waals surface area contributed by atoms with E-state index < -0.39 is 0 Å². The van der Waals surface area contributed by atoms with Gasteiger partial charge in [-0.05, 0) is 42.5 Å². The summed E-state index contributed by atoms with van der Waals surface area (Å²) >= 11 is 0. The molecule has 0 atom stereocenters. The first kappa shape index (κ1) is 16.3. The number of aromatic nitrogens is 2. The molecule has 3 aromatic rings. The van der Waals surface area contributed by atoms with E-state index >= 15 is 0 Å². The van der Waals surface area contributed by atoms with Crippen LogP contribution in [0, 0.1) is 0 Å². The maximum absolute atomic E-state index is 12.6. The first-order chi connectivity index (χ1) is 12.8. The van der Waals surface area contributed by atoms with Gasteiger partial charge in [-0.2, -0.15) is 0 Å². The van der Waals surface area contributed by atoms with Crippen molar-refractivity contribution in [3.05, 3.63) is 66.6 Å². The predicted molar refractivity (Wildman–Crippen MR) is 98.7 cm³/mol. The Morgan fingerprint density at radius 1 is 1.08 bits per heavy atom. The molecule has 1 aliphatic rings. The van der Waals surface area contributed by atoms with Crippen LogP contribution in [0.1, 0.15) is 24.3 Å². The summed E-state index contributed by atoms with van der Waals surface area (Å²) in [4.78, 5) is 14.4. The number of hydrogen-bond donors (Lipinski definition) is 1. The molecule has 1 aliphatic heterocycles. The van der Waals surface area contributed by atoms with Gasteiger partial charge in [-0.25, -0.2) is 4.79 Å². The lowest BCUT2D eigenvalue weighted by molar-refractivity contribution is 0.194. The number of anilines is 1. The second-order valence-corrected chi connectivity index (χ2v) is 6.43. The SMILES string of the molecule is O=C(Nc1cccc(-c2nnco2)c1)N1CCC(c2ccccc2)CC1. The van der Waals surface area contributed by atoms with Gasteiger partial charge in [0, 0.05) is 24.3 Å². The van der Waals surface area contributed by atoms with Crippen LogP contribution in [0.15, 0.2) is 65.4 Å². The van der Waals surface area contributed by atoms with Crippen molar-refractivity contribution in [2.24, 2.45) is 0 Å². The van der Waals surface area contributed by atoms with Gasteiger partial charge in [-0.1, -0.05) is 36.4 Å². The molecular weight excluding hydrogens is 328 g/mol. The Hall–Kier alpha value is -3.15. The zero-order valence-electron chi connectivity index (χ0n) is 14.3. The third-order valence-electron chi connectivity index (χ3n) is 4.77. The van der Waals surface area contributed by atoms with Gasteiger partial charge in [-0.15, -0.1) is 10.2 Å². The van der Waals surface area contributed by atoms with Crippen LogP contribution in [0.2, 0.25) is 0 Å². The summed E-state index contributed by atoms with van der Waals surface area (Å²) in [5, 5.41) is 10.5. The second kappa shape index (κ2) is 7.39. The van der Waals surface area contributed by atoms with Gasteiger partial charge >= 0.3 is 6.03 Å². The Kier molecular flexibility index (Phi) is 4.64. The summed E-state index contributed by atoms with van der Waals surface area (Å²) in [6.07, 6.45) is 3.26. The quantitative estimate of drug-likeness (QED) is 0.772. The second-order valence-electron chi connectivity index (χ2n) is 6.43. The molecule has 1 aromatic heterocycles. The van der Waals surface area contributed by atoms with Crippen molar-refractivity contribution in [1.29, 1.82) is 0 Å². The fourth-order valence-electron chi connectivity index (χ4n) is 3.37. The van der Waals surface area contributed by atoms with Crippen LogP contribution in [0.4, 0.5) is 10.5 Å². The first-order valence-corrected chi connectivity index (χ1v) is 8.77. The van der Waals surface area contributed by atoms with E-state index in [4.69, 9.17) is 4.42 Å². The summed E-state index contributed by atoms with van der Waals surface area (Å²) in [7, 11) is 0. The lowest BCUT2D eigenvalue weighted by Crippen LogP contribution is -2.40. The largest absolute Gasteiger partial charge is 0.423 e. The van der Waals surface area contributed by atoms with Crippen LogP contribution in [0.5, 0.6) is 0 Å². The maximum Gasteiger partial charge on any atom is 0.321 e. The third-order valence-corrected chi connectivity index (χ3v) is 4.77. The van der Waals surface area contributed by atoms with E-state index in [9.17, 15) is 4.79 Å². The number of carbonyl (C=O) groups excluding carboxylic acids is 1. The van der Waals surface area contributed by atoms with Gasteiger partial charge in [0.25, 0.3) is 0 Å². The van der Waals surface area contributed by atoms with Crippen LogP contribution >= 0.6 is 0 Å². The zero-order valence-corrected chi connectivity index (χ0v) is 14.3. The minimum absolute atomic E-state index is 0.0702. The highest BCUT2D eigenvalue weighted by atomic mass is 16.4. The van der Waals surface area contributed by atoms with Gasteiger partial charge in [-0.3, -0.25) is 0 Å². The Bertz CT molecular complexity index is 857. The molecule has 0 radical (unpaired) electrons. The van der Waals surface area contributed by atoms with Crippen molar-refractivity contribution in [2.45, 2.75) is 18.8 Å². The number of carbonyl (C=O) groups is 1. The standard InChI is InChI=1S/C20H20N4O2/c25-20(22-18-8-4-7-17(13-18)19-23-21-14-26-19)24-11-9-16(10-12-24)15-5-2-1-3-6-15/h1-8,13-14,16H,9-12H2,(H,22,25). The maximum atomic E-state index is 12.6. The molecule has 2 amide bonds. The topological polar surface area (TPSA) is 71.3 Å². The molecular formula is C20H20N4O2. The number of nitrogens with zero attached hydrogens (tertiary/aromatic N) is 3. The Balaban J connectivity index is 1.37. The fraction of sp³-hybridized carbons (Fsp3) is 0.250. The molecule has 1 N–H and O–H groups in total. The molecule has 1 fully saturated rings. The Morgan fingerprint density at radius 3 is 2.62 bits per heavy atom. The first-order valence-electron chi connectivity index (χ1n) is 8.77. The van der Waals surface area contributed by atoms with Gasteiger partial charge in [0.05, 0.1) is 0 Å². The number of rotatable bonds is 3. The highest BCUT2D eigenvalue weighted by Crippen LogP contribution is 2.28. The molecule has 0 unspecified atom stereocenters. The molecule has 2 heterocycles. The van der Waals surface area contributed by atoms with Crippen molar-refractivity contribution in [3.8, 4) is 11.5 Å². The van der Waals surface area contributed by atoms with E-state index in [-0.39, 0.29) is 6.03 Å². The Morgan fingerprint density at radius 2 is 1.88 bits per heavy atom. The number of likely N-dealkylation sites (tertiary alicyclic amines) is 1. The average molecular weight is 348 g/mol. The molecule has 0 saturated carbocycles. The monoisotopic (exact) mass is 348 g/mol. The Labute approximate surface area is 151 Å². The molecule has 6 nitrogen and oxygen atoms in total.